The summed E-state index contributed by atoms with van der Waals surface area (Å²) < 4.78 is 32.8. The summed E-state index contributed by atoms with van der Waals surface area (Å²) in [5.74, 6) is -4.56. The number of hydrogen-bond donors (Lipinski definition) is 2. The van der Waals surface area contributed by atoms with Gasteiger partial charge in [0.15, 0.2) is 5.60 Å². The van der Waals surface area contributed by atoms with Gasteiger partial charge in [-0.25, -0.2) is 13.6 Å². The highest BCUT2D eigenvalue weighted by Gasteiger charge is 2.54. The number of halogens is 2. The van der Waals surface area contributed by atoms with Crippen molar-refractivity contribution in [3.63, 3.8) is 0 Å². The van der Waals surface area contributed by atoms with Crippen LogP contribution in [0.3, 0.4) is 0 Å². The van der Waals surface area contributed by atoms with E-state index in [2.05, 4.69) is 5.32 Å². The van der Waals surface area contributed by atoms with E-state index < -0.39 is 29.8 Å². The first kappa shape index (κ1) is 18.0. The summed E-state index contributed by atoms with van der Waals surface area (Å²) in [6, 6.07) is 8.27. The van der Waals surface area contributed by atoms with Crippen molar-refractivity contribution in [1.29, 1.82) is 0 Å². The first-order valence-corrected chi connectivity index (χ1v) is 8.63. The number of esters is 1. The molecule has 1 aromatic carbocycles. The molecular formula is C19H23F2NO3. The maximum atomic E-state index is 13.7. The smallest absolute Gasteiger partial charge is 0.343 e. The number of nitrogens with one attached hydrogen (secondary N) is 1. The quantitative estimate of drug-likeness (QED) is 0.633. The Morgan fingerprint density at radius 1 is 1.36 bits per heavy atom. The van der Waals surface area contributed by atoms with Crippen LogP contribution >= 0.6 is 0 Å². The van der Waals surface area contributed by atoms with Gasteiger partial charge in [0.2, 0.25) is 5.92 Å². The highest BCUT2D eigenvalue weighted by atomic mass is 19.3. The summed E-state index contributed by atoms with van der Waals surface area (Å²) in [7, 11) is 0. The van der Waals surface area contributed by atoms with Crippen LogP contribution in [0.15, 0.2) is 42.0 Å². The maximum absolute atomic E-state index is 13.7. The van der Waals surface area contributed by atoms with Gasteiger partial charge in [-0.3, -0.25) is 0 Å². The fraction of sp³-hybridized carbons (Fsp3) is 0.526. The summed E-state index contributed by atoms with van der Waals surface area (Å²) in [5.41, 5.74) is -0.768. The van der Waals surface area contributed by atoms with E-state index >= 15 is 0 Å². The van der Waals surface area contributed by atoms with Crippen LogP contribution in [0.5, 0.6) is 0 Å². The Morgan fingerprint density at radius 3 is 2.72 bits per heavy atom. The molecule has 1 fully saturated rings. The van der Waals surface area contributed by atoms with Crippen LogP contribution in [0.25, 0.3) is 0 Å². The third kappa shape index (κ3) is 3.90. The van der Waals surface area contributed by atoms with Gasteiger partial charge in [-0.15, -0.1) is 0 Å². The first-order chi connectivity index (χ1) is 11.9. The molecule has 6 heteroatoms. The number of carbonyl (C=O) groups is 1. The Morgan fingerprint density at radius 2 is 2.12 bits per heavy atom. The van der Waals surface area contributed by atoms with Crippen molar-refractivity contribution in [3.8, 4) is 0 Å². The minimum Gasteiger partial charge on any atom is -0.459 e. The van der Waals surface area contributed by atoms with Gasteiger partial charge in [0.05, 0.1) is 0 Å². The monoisotopic (exact) mass is 351 g/mol. The number of aliphatic hydroxyl groups is 1. The van der Waals surface area contributed by atoms with Crippen molar-refractivity contribution in [1.82, 2.24) is 5.32 Å². The van der Waals surface area contributed by atoms with Gasteiger partial charge in [-0.05, 0) is 30.5 Å². The molecule has 2 atom stereocenters. The maximum Gasteiger partial charge on any atom is 0.343 e. The Labute approximate surface area is 145 Å². The first-order valence-electron chi connectivity index (χ1n) is 8.63. The molecule has 1 aliphatic heterocycles. The van der Waals surface area contributed by atoms with E-state index in [0.29, 0.717) is 12.1 Å². The predicted molar refractivity (Wildman–Crippen MR) is 89.2 cm³/mol. The molecule has 3 rings (SSSR count). The lowest BCUT2D eigenvalue weighted by molar-refractivity contribution is -0.173. The lowest BCUT2D eigenvalue weighted by Gasteiger charge is -2.32. The largest absolute Gasteiger partial charge is 0.459 e. The van der Waals surface area contributed by atoms with Gasteiger partial charge in [-0.2, -0.15) is 0 Å². The molecule has 1 aromatic rings. The van der Waals surface area contributed by atoms with Crippen molar-refractivity contribution < 1.29 is 23.4 Å². The molecule has 1 aliphatic carbocycles. The number of alkyl halides is 2. The van der Waals surface area contributed by atoms with Crippen LogP contribution in [-0.4, -0.2) is 36.7 Å². The summed E-state index contributed by atoms with van der Waals surface area (Å²) in [4.78, 5) is 12.7. The molecule has 0 spiro atoms. The minimum absolute atomic E-state index is 0.0821. The lowest BCUT2D eigenvalue weighted by atomic mass is 9.80. The SMILES string of the molecule is O=C(OCC1=CCNCC1)C(O)(c1ccccc1)C1CCC(F)(F)C1. The number of ether oxygens (including phenoxy) is 1. The highest BCUT2D eigenvalue weighted by molar-refractivity contribution is 5.81. The average molecular weight is 351 g/mol. The highest BCUT2D eigenvalue weighted by Crippen LogP contribution is 2.47. The fourth-order valence-corrected chi connectivity index (χ4v) is 3.59. The summed E-state index contributed by atoms with van der Waals surface area (Å²) in [5, 5.41) is 14.3. The Balaban J connectivity index is 1.81. The van der Waals surface area contributed by atoms with Crippen LogP contribution in [0, 0.1) is 5.92 Å². The van der Waals surface area contributed by atoms with Gasteiger partial charge in [0.1, 0.15) is 6.61 Å². The second-order valence-electron chi connectivity index (χ2n) is 6.82. The van der Waals surface area contributed by atoms with Crippen molar-refractivity contribution in [2.24, 2.45) is 5.92 Å². The molecule has 1 heterocycles. The van der Waals surface area contributed by atoms with Gasteiger partial charge >= 0.3 is 5.97 Å². The zero-order chi connectivity index (χ0) is 17.9. The third-order valence-corrected chi connectivity index (χ3v) is 5.07. The summed E-state index contributed by atoms with van der Waals surface area (Å²) in [6.45, 7) is 1.60. The van der Waals surface area contributed by atoms with Crippen LogP contribution in [0.4, 0.5) is 8.78 Å². The Bertz CT molecular complexity index is 647. The molecule has 2 N–H and O–H groups in total. The molecule has 25 heavy (non-hydrogen) atoms. The average Bonchev–Trinajstić information content (AvgIpc) is 3.01. The second kappa shape index (κ2) is 7.22. The Hall–Kier alpha value is -1.79. The van der Waals surface area contributed by atoms with Gasteiger partial charge < -0.3 is 15.2 Å². The minimum atomic E-state index is -2.86. The van der Waals surface area contributed by atoms with Gasteiger partial charge in [0.25, 0.3) is 0 Å². The van der Waals surface area contributed by atoms with Crippen molar-refractivity contribution >= 4 is 5.97 Å². The van der Waals surface area contributed by atoms with E-state index in [0.717, 1.165) is 18.5 Å². The number of rotatable bonds is 5. The second-order valence-corrected chi connectivity index (χ2v) is 6.82. The molecule has 0 saturated heterocycles. The molecule has 136 valence electrons. The van der Waals surface area contributed by atoms with E-state index in [1.54, 1.807) is 30.3 Å². The number of hydrogen-bond acceptors (Lipinski definition) is 4. The normalized spacial score (nSPS) is 25.1. The van der Waals surface area contributed by atoms with Crippen molar-refractivity contribution in [2.45, 2.75) is 37.2 Å². The van der Waals surface area contributed by atoms with E-state index in [-0.39, 0.29) is 19.4 Å². The third-order valence-electron chi connectivity index (χ3n) is 5.07. The Kier molecular flexibility index (Phi) is 5.20. The fourth-order valence-electron chi connectivity index (χ4n) is 3.59. The van der Waals surface area contributed by atoms with Crippen LogP contribution in [0.2, 0.25) is 0 Å². The molecule has 0 amide bonds. The standard InChI is InChI=1S/C19H23F2NO3/c20-18(21)9-6-16(12-18)19(24,15-4-2-1-3-5-15)17(23)25-13-14-7-10-22-11-8-14/h1-5,7,16,22,24H,6,8-13H2. The predicted octanol–water partition coefficient (Wildman–Crippen LogP) is 2.77. The lowest BCUT2D eigenvalue weighted by Crippen LogP contribution is -2.44. The van der Waals surface area contributed by atoms with E-state index in [1.807, 2.05) is 6.08 Å². The van der Waals surface area contributed by atoms with Crippen LogP contribution in [0.1, 0.15) is 31.2 Å². The number of carbonyl (C=O) groups excluding carboxylic acids is 1. The molecule has 0 radical (unpaired) electrons. The van der Waals surface area contributed by atoms with Crippen LogP contribution < -0.4 is 5.32 Å². The van der Waals surface area contributed by atoms with E-state index in [9.17, 15) is 18.7 Å². The zero-order valence-corrected chi connectivity index (χ0v) is 14.0. The summed E-state index contributed by atoms with van der Waals surface area (Å²) in [6.07, 6.45) is 1.96. The van der Waals surface area contributed by atoms with E-state index in [1.165, 1.54) is 0 Å². The topological polar surface area (TPSA) is 58.6 Å². The molecule has 4 nitrogen and oxygen atoms in total. The summed E-state index contributed by atoms with van der Waals surface area (Å²) >= 11 is 0. The zero-order valence-electron chi connectivity index (χ0n) is 14.0. The molecule has 1 saturated carbocycles. The molecule has 2 unspecified atom stereocenters. The van der Waals surface area contributed by atoms with Crippen molar-refractivity contribution in [3.05, 3.63) is 47.5 Å². The molecule has 0 aromatic heterocycles. The van der Waals surface area contributed by atoms with Gasteiger partial charge in [0, 0.05) is 25.3 Å². The van der Waals surface area contributed by atoms with Crippen molar-refractivity contribution in [2.75, 3.05) is 19.7 Å². The van der Waals surface area contributed by atoms with E-state index in [4.69, 9.17) is 4.74 Å². The molecule has 2 aliphatic rings. The molecular weight excluding hydrogens is 328 g/mol. The van der Waals surface area contributed by atoms with Crippen LogP contribution in [-0.2, 0) is 15.1 Å². The molecule has 0 bridgehead atoms. The van der Waals surface area contributed by atoms with Gasteiger partial charge in [-0.1, -0.05) is 36.4 Å². The number of benzene rings is 1.